The second-order valence-electron chi connectivity index (χ2n) is 4.17. The Hall–Kier alpha value is -2.45. The highest BCUT2D eigenvalue weighted by atomic mass is 19.4. The molecule has 1 aromatic rings. The van der Waals surface area contributed by atoms with Crippen LogP contribution in [0.3, 0.4) is 0 Å². The number of alkyl halides is 3. The van der Waals surface area contributed by atoms with Gasteiger partial charge in [0.25, 0.3) is 0 Å². The summed E-state index contributed by atoms with van der Waals surface area (Å²) >= 11 is 0. The molecule has 0 radical (unpaired) electrons. The number of benzene rings is 1. The van der Waals surface area contributed by atoms with Crippen LogP contribution >= 0.6 is 0 Å². The molecule has 4 N–H and O–H groups in total. The maximum atomic E-state index is 12.8. The molecule has 116 valence electrons. The fourth-order valence-corrected chi connectivity index (χ4v) is 1.70. The van der Waals surface area contributed by atoms with E-state index in [0.717, 1.165) is 17.0 Å². The summed E-state index contributed by atoms with van der Waals surface area (Å²) in [5.41, 5.74) is 3.78. The Labute approximate surface area is 118 Å². The summed E-state index contributed by atoms with van der Waals surface area (Å²) < 4.78 is 38.3. The molecule has 0 bridgehead atoms. The molecular formula is C12H14F3N3O3. The lowest BCUT2D eigenvalue weighted by molar-refractivity contribution is -0.137. The number of carbonyl (C=O) groups is 2. The summed E-state index contributed by atoms with van der Waals surface area (Å²) in [5, 5.41) is 10.5. The average molecular weight is 305 g/mol. The molecule has 0 aromatic heterocycles. The topological polar surface area (TPSA) is 95.7 Å². The minimum absolute atomic E-state index is 0.00351. The zero-order chi connectivity index (χ0) is 16.2. The highest BCUT2D eigenvalue weighted by molar-refractivity contribution is 5.92. The van der Waals surface area contributed by atoms with Crippen LogP contribution in [0.2, 0.25) is 0 Å². The fourth-order valence-electron chi connectivity index (χ4n) is 1.70. The van der Waals surface area contributed by atoms with Crippen molar-refractivity contribution in [3.8, 4) is 0 Å². The number of carbonyl (C=O) groups excluding carboxylic acids is 1. The maximum Gasteiger partial charge on any atom is 0.418 e. The van der Waals surface area contributed by atoms with E-state index < -0.39 is 29.4 Å². The van der Waals surface area contributed by atoms with Crippen molar-refractivity contribution < 1.29 is 27.9 Å². The minimum atomic E-state index is -4.64. The Balaban J connectivity index is 3.04. The van der Waals surface area contributed by atoms with Crippen molar-refractivity contribution in [2.24, 2.45) is 0 Å². The van der Waals surface area contributed by atoms with Gasteiger partial charge in [0.15, 0.2) is 0 Å². The largest absolute Gasteiger partial charge is 0.465 e. The number of hydrogen-bond donors (Lipinski definition) is 3. The number of rotatable bonds is 4. The van der Waals surface area contributed by atoms with Crippen molar-refractivity contribution in [2.75, 3.05) is 23.7 Å². The molecule has 0 aliphatic rings. The first-order valence-electron chi connectivity index (χ1n) is 5.84. The molecule has 0 unspecified atom stereocenters. The van der Waals surface area contributed by atoms with Gasteiger partial charge in [-0.3, -0.25) is 4.79 Å². The van der Waals surface area contributed by atoms with Gasteiger partial charge in [0.1, 0.15) is 0 Å². The summed E-state index contributed by atoms with van der Waals surface area (Å²) in [7, 11) is 0. The van der Waals surface area contributed by atoms with Crippen LogP contribution in [0.4, 0.5) is 29.3 Å². The number of halogens is 3. The minimum Gasteiger partial charge on any atom is -0.465 e. The maximum absolute atomic E-state index is 12.8. The van der Waals surface area contributed by atoms with Gasteiger partial charge in [-0.15, -0.1) is 0 Å². The summed E-state index contributed by atoms with van der Waals surface area (Å²) in [6.45, 7) is 0.966. The molecule has 21 heavy (non-hydrogen) atoms. The number of anilines is 2. The standard InChI is InChI=1S/C12H14F3N3O3/c1-7(19)18(5-4-17-11(20)21)8-2-3-10(16)9(6-8)12(13,14)15/h2-3,6,17H,4-5,16H2,1H3,(H,20,21). The zero-order valence-corrected chi connectivity index (χ0v) is 11.1. The molecule has 0 saturated carbocycles. The highest BCUT2D eigenvalue weighted by Crippen LogP contribution is 2.35. The van der Waals surface area contributed by atoms with Crippen LogP contribution in [-0.4, -0.2) is 30.2 Å². The van der Waals surface area contributed by atoms with E-state index in [2.05, 4.69) is 0 Å². The van der Waals surface area contributed by atoms with Crippen molar-refractivity contribution in [3.05, 3.63) is 23.8 Å². The Morgan fingerprint density at radius 2 is 2.00 bits per heavy atom. The summed E-state index contributed by atoms with van der Waals surface area (Å²) in [5.74, 6) is -0.514. The van der Waals surface area contributed by atoms with E-state index in [1.165, 1.54) is 13.0 Å². The number of nitrogens with zero attached hydrogens (tertiary/aromatic N) is 1. The van der Waals surface area contributed by atoms with Crippen LogP contribution in [0.1, 0.15) is 12.5 Å². The van der Waals surface area contributed by atoms with E-state index in [4.69, 9.17) is 10.8 Å². The van der Waals surface area contributed by atoms with Gasteiger partial charge in [-0.1, -0.05) is 0 Å². The first kappa shape index (κ1) is 16.6. The number of nitrogens with two attached hydrogens (primary N) is 1. The molecule has 6 nitrogen and oxygen atoms in total. The van der Waals surface area contributed by atoms with Crippen molar-refractivity contribution in [2.45, 2.75) is 13.1 Å². The van der Waals surface area contributed by atoms with Crippen LogP contribution in [0.5, 0.6) is 0 Å². The number of nitrogens with one attached hydrogen (secondary N) is 1. The van der Waals surface area contributed by atoms with Gasteiger partial charge < -0.3 is 21.1 Å². The summed E-state index contributed by atoms with van der Waals surface area (Å²) in [4.78, 5) is 22.9. The van der Waals surface area contributed by atoms with Gasteiger partial charge in [-0.05, 0) is 18.2 Å². The molecule has 2 amide bonds. The summed E-state index contributed by atoms with van der Waals surface area (Å²) in [6.07, 6.45) is -5.92. The molecular weight excluding hydrogens is 291 g/mol. The second-order valence-corrected chi connectivity index (χ2v) is 4.17. The number of hydrogen-bond acceptors (Lipinski definition) is 3. The molecule has 1 rings (SSSR count). The number of amides is 2. The van der Waals surface area contributed by atoms with Gasteiger partial charge in [0.2, 0.25) is 5.91 Å². The van der Waals surface area contributed by atoms with Gasteiger partial charge in [-0.2, -0.15) is 13.2 Å². The van der Waals surface area contributed by atoms with Crippen LogP contribution in [-0.2, 0) is 11.0 Å². The van der Waals surface area contributed by atoms with Crippen LogP contribution < -0.4 is 16.0 Å². The third kappa shape index (κ3) is 4.55. The monoisotopic (exact) mass is 305 g/mol. The first-order valence-corrected chi connectivity index (χ1v) is 5.84. The van der Waals surface area contributed by atoms with Crippen molar-refractivity contribution in [1.82, 2.24) is 5.32 Å². The Kier molecular flexibility index (Phi) is 5.01. The lowest BCUT2D eigenvalue weighted by atomic mass is 10.1. The molecule has 0 fully saturated rings. The molecule has 0 spiro atoms. The van der Waals surface area contributed by atoms with Crippen LogP contribution in [0.15, 0.2) is 18.2 Å². The summed E-state index contributed by atoms with van der Waals surface area (Å²) in [6, 6.07) is 3.09. The van der Waals surface area contributed by atoms with Crippen LogP contribution in [0.25, 0.3) is 0 Å². The molecule has 0 saturated heterocycles. The third-order valence-corrected chi connectivity index (χ3v) is 2.65. The van der Waals surface area contributed by atoms with Crippen molar-refractivity contribution in [3.63, 3.8) is 0 Å². The van der Waals surface area contributed by atoms with Gasteiger partial charge in [0, 0.05) is 31.4 Å². The third-order valence-electron chi connectivity index (χ3n) is 2.65. The van der Waals surface area contributed by atoms with E-state index in [1.54, 1.807) is 0 Å². The highest BCUT2D eigenvalue weighted by Gasteiger charge is 2.33. The Morgan fingerprint density at radius 3 is 2.48 bits per heavy atom. The molecule has 1 aromatic carbocycles. The van der Waals surface area contributed by atoms with Crippen LogP contribution in [0, 0.1) is 0 Å². The van der Waals surface area contributed by atoms with Crippen molar-refractivity contribution in [1.29, 1.82) is 0 Å². The number of nitrogen functional groups attached to an aromatic ring is 1. The predicted octanol–water partition coefficient (Wildman–Crippen LogP) is 1.91. The first-order chi connectivity index (χ1) is 9.62. The molecule has 0 atom stereocenters. The molecule has 9 heteroatoms. The Morgan fingerprint density at radius 1 is 1.38 bits per heavy atom. The quantitative estimate of drug-likeness (QED) is 0.740. The normalized spacial score (nSPS) is 11.0. The van der Waals surface area contributed by atoms with E-state index in [-0.39, 0.29) is 18.8 Å². The Bertz CT molecular complexity index is 546. The molecule has 0 heterocycles. The predicted molar refractivity (Wildman–Crippen MR) is 69.9 cm³/mol. The lowest BCUT2D eigenvalue weighted by Crippen LogP contribution is -2.37. The average Bonchev–Trinajstić information content (AvgIpc) is 2.33. The van der Waals surface area contributed by atoms with E-state index in [1.807, 2.05) is 5.32 Å². The van der Waals surface area contributed by atoms with Gasteiger partial charge >= 0.3 is 12.3 Å². The van der Waals surface area contributed by atoms with Crippen molar-refractivity contribution >= 4 is 23.4 Å². The van der Waals surface area contributed by atoms with E-state index >= 15 is 0 Å². The second kappa shape index (κ2) is 6.33. The smallest absolute Gasteiger partial charge is 0.418 e. The van der Waals surface area contributed by atoms with Gasteiger partial charge in [-0.25, -0.2) is 4.79 Å². The van der Waals surface area contributed by atoms with E-state index in [9.17, 15) is 22.8 Å². The SMILES string of the molecule is CC(=O)N(CCNC(=O)O)c1ccc(N)c(C(F)(F)F)c1. The zero-order valence-electron chi connectivity index (χ0n) is 11.1. The van der Waals surface area contributed by atoms with E-state index in [0.29, 0.717) is 0 Å². The van der Waals surface area contributed by atoms with Gasteiger partial charge in [0.05, 0.1) is 5.56 Å². The lowest BCUT2D eigenvalue weighted by Gasteiger charge is -2.22. The molecule has 0 aliphatic carbocycles. The number of carboxylic acid groups (broad SMARTS) is 1. The fraction of sp³-hybridized carbons (Fsp3) is 0.333. The molecule has 0 aliphatic heterocycles.